The first kappa shape index (κ1) is 20.5. The lowest BCUT2D eigenvalue weighted by Crippen LogP contribution is -2.14. The lowest BCUT2D eigenvalue weighted by Gasteiger charge is -2.10. The van der Waals surface area contributed by atoms with Crippen LogP contribution < -0.4 is 10.1 Å². The molecular formula is C22H16Cl2N2O3. The van der Waals surface area contributed by atoms with Crippen molar-refractivity contribution < 1.29 is 13.9 Å². The molecule has 1 heterocycles. The van der Waals surface area contributed by atoms with E-state index in [-0.39, 0.29) is 5.57 Å². The summed E-state index contributed by atoms with van der Waals surface area (Å²) in [5.74, 6) is 0.766. The molecule has 1 aromatic heterocycles. The Morgan fingerprint density at radius 2 is 1.97 bits per heavy atom. The molecule has 0 aliphatic rings. The molecule has 0 saturated carbocycles. The van der Waals surface area contributed by atoms with Gasteiger partial charge in [-0.15, -0.1) is 0 Å². The van der Waals surface area contributed by atoms with Gasteiger partial charge in [-0.05, 0) is 55.0 Å². The van der Waals surface area contributed by atoms with Gasteiger partial charge in [-0.3, -0.25) is 4.79 Å². The Hall–Kier alpha value is -3.20. The number of nitriles is 1. The van der Waals surface area contributed by atoms with Crippen molar-refractivity contribution in [2.75, 3.05) is 12.4 Å². The fraction of sp³-hybridized carbons (Fsp3) is 0.0909. The highest BCUT2D eigenvalue weighted by Gasteiger charge is 2.14. The van der Waals surface area contributed by atoms with Crippen LogP contribution in [0.3, 0.4) is 0 Å². The van der Waals surface area contributed by atoms with Gasteiger partial charge in [0, 0.05) is 16.7 Å². The molecule has 0 radical (unpaired) electrons. The number of nitrogens with zero attached hydrogens (tertiary/aromatic N) is 1. The van der Waals surface area contributed by atoms with E-state index in [1.807, 2.05) is 19.1 Å². The Kier molecular flexibility index (Phi) is 6.28. The summed E-state index contributed by atoms with van der Waals surface area (Å²) >= 11 is 12.1. The first-order chi connectivity index (χ1) is 13.9. The third-order valence-corrected chi connectivity index (χ3v) is 4.63. The maximum absolute atomic E-state index is 12.6. The van der Waals surface area contributed by atoms with Gasteiger partial charge in [-0.2, -0.15) is 5.26 Å². The van der Waals surface area contributed by atoms with E-state index in [9.17, 15) is 10.1 Å². The third kappa shape index (κ3) is 4.80. The van der Waals surface area contributed by atoms with Crippen molar-refractivity contribution >= 4 is 40.9 Å². The Labute approximate surface area is 178 Å². The molecule has 1 amide bonds. The molecule has 0 aliphatic carbocycles. The van der Waals surface area contributed by atoms with E-state index in [4.69, 9.17) is 32.4 Å². The molecule has 0 atom stereocenters. The molecule has 0 spiro atoms. The van der Waals surface area contributed by atoms with Crippen molar-refractivity contribution in [2.24, 2.45) is 0 Å². The van der Waals surface area contributed by atoms with Crippen LogP contribution in [0.4, 0.5) is 5.69 Å². The van der Waals surface area contributed by atoms with E-state index in [0.29, 0.717) is 38.6 Å². The Morgan fingerprint density at radius 1 is 1.17 bits per heavy atom. The minimum absolute atomic E-state index is 0.114. The van der Waals surface area contributed by atoms with Crippen molar-refractivity contribution in [1.29, 1.82) is 5.26 Å². The predicted octanol–water partition coefficient (Wildman–Crippen LogP) is 6.12. The molecule has 0 unspecified atom stereocenters. The number of aryl methyl sites for hydroxylation is 1. The van der Waals surface area contributed by atoms with Crippen molar-refractivity contribution in [1.82, 2.24) is 0 Å². The molecule has 3 aromatic rings. The standard InChI is InChI=1S/C22H16Cl2N2O3/c1-13-3-7-21(28-2)19(9-13)26-22(27)14(12-25)10-16-5-8-20(29-16)17-6-4-15(23)11-18(17)24/h3-11H,1-2H3,(H,26,27)/b14-10+. The average Bonchev–Trinajstić information content (AvgIpc) is 3.14. The first-order valence-corrected chi connectivity index (χ1v) is 9.30. The number of methoxy groups -OCH3 is 1. The van der Waals surface area contributed by atoms with Crippen LogP contribution in [0.5, 0.6) is 5.75 Å². The largest absolute Gasteiger partial charge is 0.495 e. The van der Waals surface area contributed by atoms with Crippen LogP contribution in [0.25, 0.3) is 17.4 Å². The summed E-state index contributed by atoms with van der Waals surface area (Å²) in [7, 11) is 1.51. The van der Waals surface area contributed by atoms with Gasteiger partial charge in [0.05, 0.1) is 17.8 Å². The highest BCUT2D eigenvalue weighted by Crippen LogP contribution is 2.32. The Bertz CT molecular complexity index is 1140. The van der Waals surface area contributed by atoms with E-state index in [1.54, 1.807) is 42.5 Å². The summed E-state index contributed by atoms with van der Waals surface area (Å²) < 4.78 is 11.0. The summed E-state index contributed by atoms with van der Waals surface area (Å²) in [4.78, 5) is 12.6. The SMILES string of the molecule is COc1ccc(C)cc1NC(=O)/C(C#N)=C/c1ccc(-c2ccc(Cl)cc2Cl)o1. The molecule has 1 N–H and O–H groups in total. The van der Waals surface area contributed by atoms with Gasteiger partial charge in [0.1, 0.15) is 28.9 Å². The van der Waals surface area contributed by atoms with E-state index in [0.717, 1.165) is 5.56 Å². The topological polar surface area (TPSA) is 75.3 Å². The molecule has 29 heavy (non-hydrogen) atoms. The maximum Gasteiger partial charge on any atom is 0.266 e. The number of carbonyl (C=O) groups is 1. The van der Waals surface area contributed by atoms with Gasteiger partial charge >= 0.3 is 0 Å². The number of benzene rings is 2. The summed E-state index contributed by atoms with van der Waals surface area (Å²) in [6.07, 6.45) is 1.37. The van der Waals surface area contributed by atoms with Gasteiger partial charge < -0.3 is 14.5 Å². The number of hydrogen-bond donors (Lipinski definition) is 1. The van der Waals surface area contributed by atoms with Crippen LogP contribution in [0.2, 0.25) is 10.0 Å². The number of furan rings is 1. The zero-order valence-corrected chi connectivity index (χ0v) is 17.1. The smallest absolute Gasteiger partial charge is 0.266 e. The van der Waals surface area contributed by atoms with Crippen molar-refractivity contribution in [3.05, 3.63) is 75.5 Å². The maximum atomic E-state index is 12.6. The molecule has 146 valence electrons. The second kappa shape index (κ2) is 8.87. The third-order valence-electron chi connectivity index (χ3n) is 4.08. The van der Waals surface area contributed by atoms with Gasteiger partial charge in [-0.25, -0.2) is 0 Å². The quantitative estimate of drug-likeness (QED) is 0.393. The van der Waals surface area contributed by atoms with Crippen LogP contribution in [0.1, 0.15) is 11.3 Å². The fourth-order valence-corrected chi connectivity index (χ4v) is 3.17. The van der Waals surface area contributed by atoms with Crippen molar-refractivity contribution in [3.63, 3.8) is 0 Å². The minimum atomic E-state index is -0.570. The number of ether oxygens (including phenoxy) is 1. The van der Waals surface area contributed by atoms with Crippen LogP contribution >= 0.6 is 23.2 Å². The molecule has 2 aromatic carbocycles. The van der Waals surface area contributed by atoms with Gasteiger partial charge in [0.15, 0.2) is 0 Å². The number of hydrogen-bond acceptors (Lipinski definition) is 4. The van der Waals surface area contributed by atoms with Crippen LogP contribution in [0, 0.1) is 18.3 Å². The number of rotatable bonds is 5. The highest BCUT2D eigenvalue weighted by molar-refractivity contribution is 6.36. The van der Waals surface area contributed by atoms with Crippen LogP contribution in [-0.4, -0.2) is 13.0 Å². The summed E-state index contributed by atoms with van der Waals surface area (Å²) in [5.41, 5.74) is 1.96. The van der Waals surface area contributed by atoms with Crippen LogP contribution in [-0.2, 0) is 4.79 Å². The van der Waals surface area contributed by atoms with Crippen molar-refractivity contribution in [2.45, 2.75) is 6.92 Å². The van der Waals surface area contributed by atoms with E-state index in [1.165, 1.54) is 13.2 Å². The zero-order chi connectivity index (χ0) is 21.0. The summed E-state index contributed by atoms with van der Waals surface area (Å²) in [5, 5.41) is 13.1. The summed E-state index contributed by atoms with van der Waals surface area (Å²) in [6.45, 7) is 1.89. The Morgan fingerprint density at radius 3 is 2.66 bits per heavy atom. The van der Waals surface area contributed by atoms with E-state index < -0.39 is 5.91 Å². The van der Waals surface area contributed by atoms with E-state index >= 15 is 0 Å². The van der Waals surface area contributed by atoms with E-state index in [2.05, 4.69) is 5.32 Å². The highest BCUT2D eigenvalue weighted by atomic mass is 35.5. The second-order valence-electron chi connectivity index (χ2n) is 6.15. The first-order valence-electron chi connectivity index (χ1n) is 8.54. The molecule has 0 bridgehead atoms. The van der Waals surface area contributed by atoms with Crippen molar-refractivity contribution in [3.8, 4) is 23.1 Å². The number of anilines is 1. The van der Waals surface area contributed by atoms with Gasteiger partial charge in [0.2, 0.25) is 0 Å². The molecule has 3 rings (SSSR count). The number of carbonyl (C=O) groups excluding carboxylic acids is 1. The van der Waals surface area contributed by atoms with Crippen LogP contribution in [0.15, 0.2) is 58.5 Å². The monoisotopic (exact) mass is 426 g/mol. The average molecular weight is 427 g/mol. The lowest BCUT2D eigenvalue weighted by molar-refractivity contribution is -0.112. The predicted molar refractivity (Wildman–Crippen MR) is 114 cm³/mol. The second-order valence-corrected chi connectivity index (χ2v) is 7.00. The molecule has 5 nitrogen and oxygen atoms in total. The molecule has 0 saturated heterocycles. The molecular weight excluding hydrogens is 411 g/mol. The minimum Gasteiger partial charge on any atom is -0.495 e. The summed E-state index contributed by atoms with van der Waals surface area (Å²) in [6, 6.07) is 15.7. The number of amides is 1. The molecule has 0 fully saturated rings. The number of halogens is 2. The molecule has 7 heteroatoms. The zero-order valence-electron chi connectivity index (χ0n) is 15.6. The molecule has 0 aliphatic heterocycles. The van der Waals surface area contributed by atoms with Gasteiger partial charge in [-0.1, -0.05) is 29.3 Å². The fourth-order valence-electron chi connectivity index (χ4n) is 2.66. The van der Waals surface area contributed by atoms with Gasteiger partial charge in [0.25, 0.3) is 5.91 Å². The number of nitrogens with one attached hydrogen (secondary N) is 1. The lowest BCUT2D eigenvalue weighted by atomic mass is 10.1. The Balaban J connectivity index is 1.85. The normalized spacial score (nSPS) is 11.1.